The van der Waals surface area contributed by atoms with Crippen LogP contribution < -0.4 is 5.32 Å². The van der Waals surface area contributed by atoms with Crippen LogP contribution in [0.4, 0.5) is 5.69 Å². The maximum absolute atomic E-state index is 11.5. The largest absolute Gasteiger partial charge is 0.478 e. The molecule has 1 amide bonds. The summed E-state index contributed by atoms with van der Waals surface area (Å²) in [5.41, 5.74) is 0.751. The number of carboxylic acid groups (broad SMARTS) is 1. The quantitative estimate of drug-likeness (QED) is 0.708. The maximum Gasteiger partial charge on any atom is 0.335 e. The van der Waals surface area contributed by atoms with E-state index in [0.29, 0.717) is 12.3 Å². The average molecular weight is 265 g/mol. The van der Waals surface area contributed by atoms with Gasteiger partial charge in [-0.2, -0.15) is 0 Å². The number of hydrogen-bond acceptors (Lipinski definition) is 3. The van der Waals surface area contributed by atoms with Crippen molar-refractivity contribution >= 4 is 17.6 Å². The molecule has 0 saturated carbocycles. The van der Waals surface area contributed by atoms with Gasteiger partial charge >= 0.3 is 5.97 Å². The van der Waals surface area contributed by atoms with Crippen molar-refractivity contribution in [2.24, 2.45) is 0 Å². The van der Waals surface area contributed by atoms with Crippen molar-refractivity contribution in [3.63, 3.8) is 0 Å². The minimum atomic E-state index is -0.989. The fourth-order valence-corrected chi connectivity index (χ4v) is 1.51. The Balaban J connectivity index is 2.30. The molecule has 0 saturated heterocycles. The van der Waals surface area contributed by atoms with Crippen LogP contribution in [0.25, 0.3) is 0 Å². The van der Waals surface area contributed by atoms with Gasteiger partial charge in [-0.25, -0.2) is 4.79 Å². The van der Waals surface area contributed by atoms with Crippen LogP contribution in [0, 0.1) is 0 Å². The number of anilines is 1. The van der Waals surface area contributed by atoms with E-state index in [1.165, 1.54) is 12.1 Å². The molecular formula is C14H19NO4. The molecule has 0 radical (unpaired) electrons. The highest BCUT2D eigenvalue weighted by atomic mass is 16.5. The van der Waals surface area contributed by atoms with Gasteiger partial charge in [-0.3, -0.25) is 4.79 Å². The van der Waals surface area contributed by atoms with Crippen molar-refractivity contribution in [1.29, 1.82) is 0 Å². The van der Waals surface area contributed by atoms with Gasteiger partial charge in [-0.05, 0) is 30.7 Å². The molecule has 0 atom stereocenters. The van der Waals surface area contributed by atoms with Gasteiger partial charge in [-0.15, -0.1) is 0 Å². The van der Waals surface area contributed by atoms with Crippen LogP contribution in [0.5, 0.6) is 0 Å². The van der Waals surface area contributed by atoms with Crippen molar-refractivity contribution in [2.75, 3.05) is 18.5 Å². The first-order valence-corrected chi connectivity index (χ1v) is 6.34. The topological polar surface area (TPSA) is 75.6 Å². The average Bonchev–Trinajstić information content (AvgIpc) is 2.39. The van der Waals surface area contributed by atoms with Crippen LogP contribution in [0.2, 0.25) is 0 Å². The Morgan fingerprint density at radius 2 is 1.89 bits per heavy atom. The Hall–Kier alpha value is -1.88. The van der Waals surface area contributed by atoms with Crippen LogP contribution in [0.3, 0.4) is 0 Å². The number of hydrogen-bond donors (Lipinski definition) is 2. The Bertz CT molecular complexity index is 414. The number of aromatic carboxylic acids is 1. The van der Waals surface area contributed by atoms with Gasteiger partial charge in [0.25, 0.3) is 0 Å². The van der Waals surface area contributed by atoms with Gasteiger partial charge in [0, 0.05) is 12.3 Å². The molecule has 0 aliphatic carbocycles. The maximum atomic E-state index is 11.5. The number of benzene rings is 1. The van der Waals surface area contributed by atoms with E-state index in [-0.39, 0.29) is 18.1 Å². The van der Waals surface area contributed by atoms with E-state index in [4.69, 9.17) is 9.84 Å². The number of carbonyl (C=O) groups is 2. The van der Waals surface area contributed by atoms with Crippen molar-refractivity contribution < 1.29 is 19.4 Å². The van der Waals surface area contributed by atoms with Crippen molar-refractivity contribution in [2.45, 2.75) is 26.2 Å². The first-order chi connectivity index (χ1) is 9.13. The number of nitrogens with one attached hydrogen (secondary N) is 1. The summed E-state index contributed by atoms with van der Waals surface area (Å²) in [4.78, 5) is 22.2. The lowest BCUT2D eigenvalue weighted by atomic mass is 10.2. The van der Waals surface area contributed by atoms with E-state index < -0.39 is 5.97 Å². The Kier molecular flexibility index (Phi) is 6.60. The molecule has 0 bridgehead atoms. The molecule has 0 aliphatic heterocycles. The molecule has 0 unspecified atom stereocenters. The van der Waals surface area contributed by atoms with E-state index in [0.717, 1.165) is 19.3 Å². The fraction of sp³-hybridized carbons (Fsp3) is 0.429. The molecule has 5 heteroatoms. The van der Waals surface area contributed by atoms with E-state index in [9.17, 15) is 9.59 Å². The lowest BCUT2D eigenvalue weighted by Gasteiger charge is -2.06. The first-order valence-electron chi connectivity index (χ1n) is 6.34. The lowest BCUT2D eigenvalue weighted by molar-refractivity contribution is -0.120. The molecule has 1 rings (SSSR count). The Morgan fingerprint density at radius 3 is 2.47 bits per heavy atom. The van der Waals surface area contributed by atoms with Crippen molar-refractivity contribution in [1.82, 2.24) is 0 Å². The zero-order valence-corrected chi connectivity index (χ0v) is 11.0. The van der Waals surface area contributed by atoms with E-state index in [2.05, 4.69) is 12.2 Å². The van der Waals surface area contributed by atoms with Crippen LogP contribution in [0.15, 0.2) is 24.3 Å². The second-order valence-corrected chi connectivity index (χ2v) is 4.19. The monoisotopic (exact) mass is 265 g/mol. The lowest BCUT2D eigenvalue weighted by Crippen LogP contribution is -2.18. The van der Waals surface area contributed by atoms with Crippen molar-refractivity contribution in [3.05, 3.63) is 29.8 Å². The minimum Gasteiger partial charge on any atom is -0.478 e. The third-order valence-corrected chi connectivity index (χ3v) is 2.54. The predicted molar refractivity (Wildman–Crippen MR) is 72.4 cm³/mol. The minimum absolute atomic E-state index is 0.0183. The molecule has 0 aliphatic rings. The van der Waals surface area contributed by atoms with E-state index >= 15 is 0 Å². The second kappa shape index (κ2) is 8.26. The zero-order valence-electron chi connectivity index (χ0n) is 11.0. The molecule has 1 aromatic rings. The standard InChI is InChI=1S/C14H19NO4/c1-2-3-4-9-19-10-13(16)15-12-7-5-11(6-8-12)14(17)18/h5-8H,2-4,9-10H2,1H3,(H,15,16)(H,17,18). The Morgan fingerprint density at radius 1 is 1.21 bits per heavy atom. The highest BCUT2D eigenvalue weighted by molar-refractivity contribution is 5.93. The van der Waals surface area contributed by atoms with Gasteiger partial charge in [0.2, 0.25) is 5.91 Å². The van der Waals surface area contributed by atoms with Gasteiger partial charge < -0.3 is 15.2 Å². The smallest absolute Gasteiger partial charge is 0.335 e. The summed E-state index contributed by atoms with van der Waals surface area (Å²) in [6.45, 7) is 2.71. The molecular weight excluding hydrogens is 246 g/mol. The highest BCUT2D eigenvalue weighted by Crippen LogP contribution is 2.09. The van der Waals surface area contributed by atoms with Gasteiger partial charge in [0.1, 0.15) is 6.61 Å². The van der Waals surface area contributed by atoms with Gasteiger partial charge in [0.15, 0.2) is 0 Å². The first kappa shape index (κ1) is 15.2. The third kappa shape index (κ3) is 6.01. The fourth-order valence-electron chi connectivity index (χ4n) is 1.51. The molecule has 104 valence electrons. The third-order valence-electron chi connectivity index (χ3n) is 2.54. The molecule has 2 N–H and O–H groups in total. The zero-order chi connectivity index (χ0) is 14.1. The summed E-state index contributed by atoms with van der Waals surface area (Å²) in [6, 6.07) is 6.00. The van der Waals surface area contributed by atoms with Crippen LogP contribution >= 0.6 is 0 Å². The second-order valence-electron chi connectivity index (χ2n) is 4.19. The number of ether oxygens (including phenoxy) is 1. The number of unbranched alkanes of at least 4 members (excludes halogenated alkanes) is 2. The van der Waals surface area contributed by atoms with Crippen LogP contribution in [-0.4, -0.2) is 30.2 Å². The molecule has 0 spiro atoms. The van der Waals surface area contributed by atoms with Gasteiger partial charge in [-0.1, -0.05) is 19.8 Å². The number of rotatable bonds is 8. The predicted octanol–water partition coefficient (Wildman–Crippen LogP) is 2.53. The summed E-state index contributed by atoms with van der Waals surface area (Å²) in [6.07, 6.45) is 3.17. The van der Waals surface area contributed by atoms with E-state index in [1.807, 2.05) is 0 Å². The summed E-state index contributed by atoms with van der Waals surface area (Å²) in [5, 5.41) is 11.4. The normalized spacial score (nSPS) is 10.2. The van der Waals surface area contributed by atoms with Crippen molar-refractivity contribution in [3.8, 4) is 0 Å². The molecule has 0 heterocycles. The summed E-state index contributed by atoms with van der Waals surface area (Å²) in [5.74, 6) is -1.23. The number of amides is 1. The summed E-state index contributed by atoms with van der Waals surface area (Å²) >= 11 is 0. The number of carboxylic acids is 1. The SMILES string of the molecule is CCCCCOCC(=O)Nc1ccc(C(=O)O)cc1. The molecule has 19 heavy (non-hydrogen) atoms. The summed E-state index contributed by atoms with van der Waals surface area (Å²) in [7, 11) is 0. The van der Waals surface area contributed by atoms with E-state index in [1.54, 1.807) is 12.1 Å². The molecule has 1 aromatic carbocycles. The van der Waals surface area contributed by atoms with Crippen LogP contribution in [-0.2, 0) is 9.53 Å². The molecule has 0 fully saturated rings. The summed E-state index contributed by atoms with van der Waals surface area (Å²) < 4.78 is 5.23. The molecule has 5 nitrogen and oxygen atoms in total. The molecule has 0 aromatic heterocycles. The number of carbonyl (C=O) groups excluding carboxylic acids is 1. The Labute approximate surface area is 112 Å². The highest BCUT2D eigenvalue weighted by Gasteiger charge is 2.04. The van der Waals surface area contributed by atoms with Gasteiger partial charge in [0.05, 0.1) is 5.56 Å². The van der Waals surface area contributed by atoms with Crippen LogP contribution in [0.1, 0.15) is 36.5 Å².